The van der Waals surface area contributed by atoms with Crippen molar-refractivity contribution in [2.75, 3.05) is 5.32 Å². The summed E-state index contributed by atoms with van der Waals surface area (Å²) in [5, 5.41) is 12.9. The fourth-order valence-electron chi connectivity index (χ4n) is 3.56. The second kappa shape index (κ2) is 8.38. The Labute approximate surface area is 175 Å². The van der Waals surface area contributed by atoms with E-state index < -0.39 is 71.1 Å². The van der Waals surface area contributed by atoms with Crippen LogP contribution in [-0.4, -0.2) is 24.2 Å². The third-order valence-corrected chi connectivity index (χ3v) is 5.03. The number of carbonyl (C=O) groups is 1. The van der Waals surface area contributed by atoms with Gasteiger partial charge in [0.2, 0.25) is 5.91 Å². The van der Waals surface area contributed by atoms with Crippen LogP contribution in [0.1, 0.15) is 29.0 Å². The number of nitrogens with zero attached hydrogens (tertiary/aromatic N) is 1. The first kappa shape index (κ1) is 23.5. The van der Waals surface area contributed by atoms with E-state index in [1.54, 1.807) is 0 Å². The number of alkyl halides is 6. The lowest BCUT2D eigenvalue weighted by atomic mass is 9.88. The zero-order valence-electron chi connectivity index (χ0n) is 15.8. The summed E-state index contributed by atoms with van der Waals surface area (Å²) in [7, 11) is 0. The molecular formula is C20H13F8N3O. The van der Waals surface area contributed by atoms with Crippen molar-refractivity contribution in [1.82, 2.24) is 5.32 Å². The van der Waals surface area contributed by atoms with Crippen LogP contribution in [0.4, 0.5) is 40.8 Å². The number of carbonyl (C=O) groups excluding carboxylic acids is 1. The largest absolute Gasteiger partial charge is 0.417 e. The molecule has 1 aliphatic rings. The Kier molecular flexibility index (Phi) is 6.15. The van der Waals surface area contributed by atoms with Crippen molar-refractivity contribution in [2.45, 2.75) is 36.8 Å². The Morgan fingerprint density at radius 1 is 1.06 bits per heavy atom. The number of rotatable bonds is 3. The number of nitrogens with one attached hydrogen (secondary N) is 2. The van der Waals surface area contributed by atoms with Gasteiger partial charge in [0.1, 0.15) is 17.7 Å². The highest BCUT2D eigenvalue weighted by atomic mass is 19.4. The molecule has 4 nitrogen and oxygen atoms in total. The summed E-state index contributed by atoms with van der Waals surface area (Å²) >= 11 is 0. The topological polar surface area (TPSA) is 64.9 Å². The maximum absolute atomic E-state index is 13.7. The molecule has 170 valence electrons. The van der Waals surface area contributed by atoms with Crippen LogP contribution >= 0.6 is 0 Å². The van der Waals surface area contributed by atoms with Gasteiger partial charge in [-0.05, 0) is 36.2 Å². The molecule has 3 atom stereocenters. The third kappa shape index (κ3) is 4.83. The molecule has 2 N–H and O–H groups in total. The highest BCUT2D eigenvalue weighted by molar-refractivity contribution is 5.95. The second-order valence-electron chi connectivity index (χ2n) is 7.11. The molecule has 32 heavy (non-hydrogen) atoms. The smallest absolute Gasteiger partial charge is 0.322 e. The normalized spacial score (nSPS) is 21.3. The van der Waals surface area contributed by atoms with Crippen LogP contribution in [0.25, 0.3) is 0 Å². The van der Waals surface area contributed by atoms with Gasteiger partial charge in [-0.3, -0.25) is 10.1 Å². The van der Waals surface area contributed by atoms with Crippen LogP contribution in [0.3, 0.4) is 0 Å². The fraction of sp³-hybridized carbons (Fsp3) is 0.300. The van der Waals surface area contributed by atoms with Gasteiger partial charge in [-0.15, -0.1) is 0 Å². The number of hydrogen-bond acceptors (Lipinski definition) is 3. The number of nitriles is 1. The zero-order valence-corrected chi connectivity index (χ0v) is 15.8. The molecule has 3 rings (SSSR count). The average molecular weight is 463 g/mol. The van der Waals surface area contributed by atoms with Crippen molar-refractivity contribution < 1.29 is 39.9 Å². The third-order valence-electron chi connectivity index (χ3n) is 5.03. The number of benzene rings is 2. The Bertz CT molecular complexity index is 1070. The molecule has 1 heterocycles. The van der Waals surface area contributed by atoms with E-state index in [9.17, 15) is 39.9 Å². The SMILES string of the molecule is N#Cc1ccc(C2C[C@@H](C(=O)Nc3ccc(F)cc3F)N[C@H]2C(F)(F)F)cc1C(F)(F)F. The van der Waals surface area contributed by atoms with Gasteiger partial charge in [-0.25, -0.2) is 8.78 Å². The average Bonchev–Trinajstić information content (AvgIpc) is 3.15. The minimum atomic E-state index is -4.97. The maximum atomic E-state index is 13.7. The van der Waals surface area contributed by atoms with Crippen LogP contribution < -0.4 is 10.6 Å². The van der Waals surface area contributed by atoms with Crippen molar-refractivity contribution >= 4 is 11.6 Å². The summed E-state index contributed by atoms with van der Waals surface area (Å²) < 4.78 is 107. The summed E-state index contributed by atoms with van der Waals surface area (Å²) in [5.41, 5.74) is -2.98. The molecule has 0 spiro atoms. The van der Waals surface area contributed by atoms with Gasteiger partial charge in [0.25, 0.3) is 0 Å². The quantitative estimate of drug-likeness (QED) is 0.639. The van der Waals surface area contributed by atoms with Gasteiger partial charge < -0.3 is 5.32 Å². The minimum Gasteiger partial charge on any atom is -0.322 e. The predicted molar refractivity (Wildman–Crippen MR) is 95.3 cm³/mol. The highest BCUT2D eigenvalue weighted by Crippen LogP contribution is 2.42. The summed E-state index contributed by atoms with van der Waals surface area (Å²) in [6.07, 6.45) is -10.5. The molecule has 0 aromatic heterocycles. The van der Waals surface area contributed by atoms with E-state index in [2.05, 4.69) is 0 Å². The van der Waals surface area contributed by atoms with Crippen LogP contribution in [0.5, 0.6) is 0 Å². The van der Waals surface area contributed by atoms with Crippen LogP contribution in [0.15, 0.2) is 36.4 Å². The molecule has 0 saturated carbocycles. The predicted octanol–water partition coefficient (Wildman–Crippen LogP) is 4.87. The van der Waals surface area contributed by atoms with Gasteiger partial charge in [0.05, 0.1) is 28.9 Å². The van der Waals surface area contributed by atoms with E-state index in [4.69, 9.17) is 5.26 Å². The zero-order chi connectivity index (χ0) is 23.8. The second-order valence-corrected chi connectivity index (χ2v) is 7.11. The van der Waals surface area contributed by atoms with Crippen LogP contribution in [-0.2, 0) is 11.0 Å². The molecule has 0 aliphatic carbocycles. The van der Waals surface area contributed by atoms with E-state index in [0.717, 1.165) is 24.3 Å². The molecular weight excluding hydrogens is 450 g/mol. The summed E-state index contributed by atoms with van der Waals surface area (Å²) in [6, 6.07) is 1.83. The lowest BCUT2D eigenvalue weighted by Gasteiger charge is -2.23. The highest BCUT2D eigenvalue weighted by Gasteiger charge is 2.52. The molecule has 0 bridgehead atoms. The van der Waals surface area contributed by atoms with Crippen LogP contribution in [0.2, 0.25) is 0 Å². The van der Waals surface area contributed by atoms with E-state index in [0.29, 0.717) is 12.1 Å². The van der Waals surface area contributed by atoms with Crippen molar-refractivity contribution in [2.24, 2.45) is 0 Å². The van der Waals surface area contributed by atoms with E-state index in [1.807, 2.05) is 10.6 Å². The standard InChI is InChI=1S/C20H13F8N3O/c21-11-3-4-15(14(22)6-11)31-18(32)16-7-12(17(30-16)20(26,27)28)9-1-2-10(8-29)13(5-9)19(23,24)25/h1-6,12,16-17,30H,7H2,(H,31,32)/t12?,16-,17+/m0/s1. The lowest BCUT2D eigenvalue weighted by Crippen LogP contribution is -2.46. The van der Waals surface area contributed by atoms with Gasteiger partial charge in [0, 0.05) is 12.0 Å². The van der Waals surface area contributed by atoms with E-state index in [1.165, 1.54) is 6.07 Å². The lowest BCUT2D eigenvalue weighted by molar-refractivity contribution is -0.156. The van der Waals surface area contributed by atoms with Crippen molar-refractivity contribution in [3.63, 3.8) is 0 Å². The van der Waals surface area contributed by atoms with Crippen molar-refractivity contribution in [1.29, 1.82) is 5.26 Å². The molecule has 2 aromatic carbocycles. The first-order valence-electron chi connectivity index (χ1n) is 9.01. The van der Waals surface area contributed by atoms with Gasteiger partial charge in [-0.2, -0.15) is 31.6 Å². The van der Waals surface area contributed by atoms with Gasteiger partial charge >= 0.3 is 12.4 Å². The molecule has 1 saturated heterocycles. The Morgan fingerprint density at radius 2 is 1.75 bits per heavy atom. The summed E-state index contributed by atoms with van der Waals surface area (Å²) in [6.45, 7) is 0. The monoisotopic (exact) mass is 463 g/mol. The molecule has 1 amide bonds. The molecule has 1 fully saturated rings. The number of anilines is 1. The Balaban J connectivity index is 1.91. The molecule has 1 unspecified atom stereocenters. The molecule has 12 heteroatoms. The van der Waals surface area contributed by atoms with Crippen LogP contribution in [0, 0.1) is 23.0 Å². The van der Waals surface area contributed by atoms with Gasteiger partial charge in [-0.1, -0.05) is 6.07 Å². The Hall–Kier alpha value is -3.20. The summed E-state index contributed by atoms with van der Waals surface area (Å²) in [5.74, 6) is -4.74. The number of halogens is 8. The molecule has 1 aliphatic heterocycles. The van der Waals surface area contributed by atoms with Crippen molar-refractivity contribution in [3.05, 3.63) is 64.7 Å². The van der Waals surface area contributed by atoms with E-state index in [-0.39, 0.29) is 5.56 Å². The first-order chi connectivity index (χ1) is 14.8. The van der Waals surface area contributed by atoms with Crippen molar-refractivity contribution in [3.8, 4) is 6.07 Å². The Morgan fingerprint density at radius 3 is 2.31 bits per heavy atom. The summed E-state index contributed by atoms with van der Waals surface area (Å²) in [4.78, 5) is 12.4. The van der Waals surface area contributed by atoms with E-state index >= 15 is 0 Å². The molecule has 2 aromatic rings. The molecule has 0 radical (unpaired) electrons. The fourth-order valence-corrected chi connectivity index (χ4v) is 3.56. The minimum absolute atomic E-state index is 0.366. The maximum Gasteiger partial charge on any atom is 0.417 e. The number of amides is 1. The van der Waals surface area contributed by atoms with Gasteiger partial charge in [0.15, 0.2) is 0 Å². The first-order valence-corrected chi connectivity index (χ1v) is 9.01. The number of hydrogen-bond donors (Lipinski definition) is 2.